The summed E-state index contributed by atoms with van der Waals surface area (Å²) in [5, 5.41) is 0. The Bertz CT molecular complexity index is 346. The van der Waals surface area contributed by atoms with Crippen molar-refractivity contribution in [2.75, 3.05) is 6.61 Å². The Morgan fingerprint density at radius 2 is 2.00 bits per heavy atom. The summed E-state index contributed by atoms with van der Waals surface area (Å²) in [6.45, 7) is -0.142. The van der Waals surface area contributed by atoms with Gasteiger partial charge in [0.1, 0.15) is 5.78 Å². The molecule has 0 amide bonds. The molecule has 0 spiro atoms. The van der Waals surface area contributed by atoms with Crippen LogP contribution < -0.4 is 0 Å². The predicted octanol–water partition coefficient (Wildman–Crippen LogP) is 0.558. The Kier molecular flexibility index (Phi) is 3.36. The average molecular weight is 248 g/mol. The van der Waals surface area contributed by atoms with Gasteiger partial charge < -0.3 is 4.74 Å². The maximum Gasteiger partial charge on any atom is 0.523 e. The fraction of sp³-hybridized carbons (Fsp3) is 0.833. The van der Waals surface area contributed by atoms with Crippen molar-refractivity contribution >= 4 is 15.9 Å². The Hall–Kier alpha value is -0.670. The Labute approximate surface area is 83.3 Å². The zero-order valence-corrected chi connectivity index (χ0v) is 8.10. The summed E-state index contributed by atoms with van der Waals surface area (Å²) in [6.07, 6.45) is -2.11. The van der Waals surface area contributed by atoms with Crippen molar-refractivity contribution in [3.63, 3.8) is 0 Å². The van der Waals surface area contributed by atoms with Crippen molar-refractivity contribution < 1.29 is 35.3 Å². The molecule has 88 valence electrons. The van der Waals surface area contributed by atoms with Crippen LogP contribution in [0.3, 0.4) is 0 Å². The van der Waals surface area contributed by atoms with Crippen molar-refractivity contribution in [2.24, 2.45) is 0 Å². The predicted molar refractivity (Wildman–Crippen MR) is 40.0 cm³/mol. The molecule has 15 heavy (non-hydrogen) atoms. The molecule has 1 aliphatic rings. The lowest BCUT2D eigenvalue weighted by molar-refractivity contribution is -0.148. The van der Waals surface area contributed by atoms with Gasteiger partial charge in [-0.3, -0.25) is 4.79 Å². The quantitative estimate of drug-likeness (QED) is 0.527. The minimum Gasteiger partial charge on any atom is -0.350 e. The van der Waals surface area contributed by atoms with E-state index in [1.54, 1.807) is 0 Å². The summed E-state index contributed by atoms with van der Waals surface area (Å²) in [4.78, 5) is 10.8. The third kappa shape index (κ3) is 3.14. The van der Waals surface area contributed by atoms with Gasteiger partial charge in [-0.25, -0.2) is 4.18 Å². The van der Waals surface area contributed by atoms with Crippen LogP contribution in [0.4, 0.5) is 13.2 Å². The number of carbonyl (C=O) groups is 1. The van der Waals surface area contributed by atoms with Crippen molar-refractivity contribution in [1.82, 2.24) is 0 Å². The first kappa shape index (κ1) is 12.4. The van der Waals surface area contributed by atoms with Crippen LogP contribution in [0.25, 0.3) is 0 Å². The summed E-state index contributed by atoms with van der Waals surface area (Å²) < 4.78 is 64.7. The summed E-state index contributed by atoms with van der Waals surface area (Å²) in [5.41, 5.74) is -5.50. The summed E-state index contributed by atoms with van der Waals surface area (Å²) in [5.74, 6) is -0.399. The highest BCUT2D eigenvalue weighted by molar-refractivity contribution is 7.87. The molecule has 1 saturated heterocycles. The third-order valence-corrected chi connectivity index (χ3v) is 2.63. The highest BCUT2D eigenvalue weighted by Crippen LogP contribution is 2.27. The normalized spacial score (nSPS) is 24.2. The van der Waals surface area contributed by atoms with Crippen molar-refractivity contribution in [2.45, 2.75) is 24.6 Å². The van der Waals surface area contributed by atoms with Gasteiger partial charge >= 0.3 is 15.6 Å². The number of rotatable bonds is 2. The number of Topliss-reactive ketones (excluding diaryl/α,β-unsaturated/α-hetero) is 1. The smallest absolute Gasteiger partial charge is 0.350 e. The zero-order chi connectivity index (χ0) is 11.7. The van der Waals surface area contributed by atoms with Gasteiger partial charge in [0.2, 0.25) is 0 Å². The maximum absolute atomic E-state index is 11.8. The molecule has 9 heteroatoms. The maximum atomic E-state index is 11.8. The molecule has 0 saturated carbocycles. The van der Waals surface area contributed by atoms with Crippen molar-refractivity contribution in [1.29, 1.82) is 0 Å². The molecule has 0 N–H and O–H groups in total. The first-order valence-electron chi connectivity index (χ1n) is 3.85. The van der Waals surface area contributed by atoms with Gasteiger partial charge in [0.05, 0.1) is 13.0 Å². The Morgan fingerprint density at radius 1 is 1.40 bits per heavy atom. The monoisotopic (exact) mass is 248 g/mol. The number of alkyl halides is 3. The van der Waals surface area contributed by atoms with Gasteiger partial charge in [-0.15, -0.1) is 0 Å². The van der Waals surface area contributed by atoms with E-state index < -0.39 is 34.1 Å². The van der Waals surface area contributed by atoms with Gasteiger partial charge in [0.25, 0.3) is 0 Å². The van der Waals surface area contributed by atoms with Gasteiger partial charge in [0, 0.05) is 6.42 Å². The Balaban J connectivity index is 2.66. The molecule has 1 heterocycles. The molecule has 1 fully saturated rings. The second kappa shape index (κ2) is 4.06. The van der Waals surface area contributed by atoms with Crippen LogP contribution in [0.2, 0.25) is 0 Å². The van der Waals surface area contributed by atoms with E-state index >= 15 is 0 Å². The van der Waals surface area contributed by atoms with Crippen LogP contribution in [0.15, 0.2) is 0 Å². The first-order valence-corrected chi connectivity index (χ1v) is 5.26. The molecule has 0 aromatic heterocycles. The van der Waals surface area contributed by atoms with Crippen molar-refractivity contribution in [3.8, 4) is 0 Å². The molecule has 0 bridgehead atoms. The lowest BCUT2D eigenvalue weighted by Gasteiger charge is -2.21. The minimum absolute atomic E-state index is 0.0475. The highest BCUT2D eigenvalue weighted by atomic mass is 32.2. The van der Waals surface area contributed by atoms with Crippen LogP contribution in [0.1, 0.15) is 12.8 Å². The zero-order valence-electron chi connectivity index (χ0n) is 7.28. The molecule has 1 unspecified atom stereocenters. The van der Waals surface area contributed by atoms with Gasteiger partial charge in [-0.05, 0) is 0 Å². The fourth-order valence-electron chi connectivity index (χ4n) is 0.909. The van der Waals surface area contributed by atoms with Gasteiger partial charge in [-0.2, -0.15) is 21.6 Å². The third-order valence-electron chi connectivity index (χ3n) is 1.60. The standard InChI is InChI=1S/C6H7F3O5S/c7-6(8,9)15(11,12)14-5-3-4(10)1-2-13-5/h5H,1-3H2. The van der Waals surface area contributed by atoms with Crippen molar-refractivity contribution in [3.05, 3.63) is 0 Å². The minimum atomic E-state index is -5.70. The lowest BCUT2D eigenvalue weighted by Crippen LogP contribution is -2.35. The number of hydrogen-bond donors (Lipinski definition) is 0. The van der Waals surface area contributed by atoms with E-state index in [0.29, 0.717) is 0 Å². The van der Waals surface area contributed by atoms with E-state index in [-0.39, 0.29) is 13.0 Å². The number of ketones is 1. The summed E-state index contributed by atoms with van der Waals surface area (Å²) >= 11 is 0. The molecular formula is C6H7F3O5S. The SMILES string of the molecule is O=C1CCOC(OS(=O)(=O)C(F)(F)F)C1. The number of carbonyl (C=O) groups excluding carboxylic acids is 1. The number of hydrogen-bond acceptors (Lipinski definition) is 5. The molecule has 0 aliphatic carbocycles. The van der Waals surface area contributed by atoms with E-state index in [9.17, 15) is 26.4 Å². The number of halogens is 3. The Morgan fingerprint density at radius 3 is 2.47 bits per heavy atom. The molecule has 0 aromatic rings. The van der Waals surface area contributed by atoms with Crippen LogP contribution in [0, 0.1) is 0 Å². The van der Waals surface area contributed by atoms with Crippen LogP contribution >= 0.6 is 0 Å². The average Bonchev–Trinajstić information content (AvgIpc) is 2.00. The van der Waals surface area contributed by atoms with Crippen LogP contribution in [0.5, 0.6) is 0 Å². The molecule has 1 aliphatic heterocycles. The van der Waals surface area contributed by atoms with E-state index in [1.165, 1.54) is 0 Å². The van der Waals surface area contributed by atoms with Crippen LogP contribution in [-0.2, 0) is 23.8 Å². The molecular weight excluding hydrogens is 241 g/mol. The topological polar surface area (TPSA) is 69.7 Å². The molecule has 1 atom stereocenters. The van der Waals surface area contributed by atoms with E-state index in [0.717, 1.165) is 0 Å². The molecule has 5 nitrogen and oxygen atoms in total. The first-order chi connectivity index (χ1) is 6.72. The highest BCUT2D eigenvalue weighted by Gasteiger charge is 2.49. The van der Waals surface area contributed by atoms with E-state index in [1.807, 2.05) is 0 Å². The lowest BCUT2D eigenvalue weighted by atomic mass is 10.2. The largest absolute Gasteiger partial charge is 0.523 e. The van der Waals surface area contributed by atoms with Gasteiger partial charge in [-0.1, -0.05) is 0 Å². The number of ether oxygens (including phenoxy) is 1. The second-order valence-corrected chi connectivity index (χ2v) is 4.35. The molecule has 0 aromatic carbocycles. The van der Waals surface area contributed by atoms with E-state index in [4.69, 9.17) is 0 Å². The van der Waals surface area contributed by atoms with Crippen LogP contribution in [-0.4, -0.2) is 32.6 Å². The van der Waals surface area contributed by atoms with E-state index in [2.05, 4.69) is 8.92 Å². The second-order valence-electron chi connectivity index (χ2n) is 2.79. The summed E-state index contributed by atoms with van der Waals surface area (Å²) in [7, 11) is -5.70. The van der Waals surface area contributed by atoms with Gasteiger partial charge in [0.15, 0.2) is 6.29 Å². The fourth-order valence-corrected chi connectivity index (χ4v) is 1.42. The molecule has 1 rings (SSSR count). The summed E-state index contributed by atoms with van der Waals surface area (Å²) in [6, 6.07) is 0. The molecule has 0 radical (unpaired) electrons.